The van der Waals surface area contributed by atoms with Gasteiger partial charge in [0, 0.05) is 5.75 Å². The van der Waals surface area contributed by atoms with Crippen molar-refractivity contribution in [2.45, 2.75) is 31.3 Å². The number of thioether (sulfide) groups is 1. The van der Waals surface area contributed by atoms with Gasteiger partial charge in [0.2, 0.25) is 0 Å². The molecule has 1 aromatic carbocycles. The summed E-state index contributed by atoms with van der Waals surface area (Å²) >= 11 is 8.34. The van der Waals surface area contributed by atoms with Crippen molar-refractivity contribution in [3.05, 3.63) is 28.8 Å². The van der Waals surface area contributed by atoms with Crippen molar-refractivity contribution in [3.8, 4) is 5.75 Å². The molecular formula is C15H20ClNOS. The Morgan fingerprint density at radius 2 is 2.05 bits per heavy atom. The summed E-state index contributed by atoms with van der Waals surface area (Å²) in [5, 5.41) is 4.17. The molecule has 2 saturated heterocycles. The molecule has 2 nitrogen and oxygen atoms in total. The van der Waals surface area contributed by atoms with E-state index in [0.29, 0.717) is 12.0 Å². The van der Waals surface area contributed by atoms with Crippen LogP contribution in [-0.2, 0) is 0 Å². The lowest BCUT2D eigenvalue weighted by Crippen LogP contribution is -2.26. The summed E-state index contributed by atoms with van der Waals surface area (Å²) in [4.78, 5) is 0. The van der Waals surface area contributed by atoms with Crippen LogP contribution in [0.25, 0.3) is 0 Å². The first-order chi connectivity index (χ1) is 9.33. The van der Waals surface area contributed by atoms with E-state index in [1.54, 1.807) is 0 Å². The zero-order valence-corrected chi connectivity index (χ0v) is 12.6. The maximum Gasteiger partial charge on any atom is 0.138 e. The van der Waals surface area contributed by atoms with Crippen molar-refractivity contribution in [3.63, 3.8) is 0 Å². The van der Waals surface area contributed by atoms with Crippen LogP contribution in [0.3, 0.4) is 0 Å². The minimum Gasteiger partial charge on any atom is -0.488 e. The van der Waals surface area contributed by atoms with Gasteiger partial charge in [0.1, 0.15) is 11.9 Å². The number of halogens is 1. The molecule has 1 unspecified atom stereocenters. The third-order valence-corrected chi connectivity index (χ3v) is 5.38. The molecule has 0 saturated carbocycles. The fourth-order valence-corrected chi connectivity index (χ4v) is 4.13. The Labute approximate surface area is 124 Å². The SMILES string of the molecule is Clc1cc(C2CCNCC2)ccc1OC1CCSC1. The van der Waals surface area contributed by atoms with Crippen LogP contribution in [0.4, 0.5) is 0 Å². The first kappa shape index (κ1) is 13.6. The molecule has 3 rings (SSSR count). The Hall–Kier alpha value is -0.380. The Balaban J connectivity index is 1.69. The summed E-state index contributed by atoms with van der Waals surface area (Å²) in [5.74, 6) is 3.80. The molecule has 0 spiro atoms. The molecule has 2 fully saturated rings. The van der Waals surface area contributed by atoms with Crippen molar-refractivity contribution in [1.82, 2.24) is 5.32 Å². The summed E-state index contributed by atoms with van der Waals surface area (Å²) in [5.41, 5.74) is 1.36. The second-order valence-corrected chi connectivity index (χ2v) is 6.87. The van der Waals surface area contributed by atoms with Crippen LogP contribution in [-0.4, -0.2) is 30.7 Å². The Bertz CT molecular complexity index is 428. The Kier molecular flexibility index (Phi) is 4.57. The van der Waals surface area contributed by atoms with Crippen LogP contribution in [0, 0.1) is 0 Å². The third-order valence-electron chi connectivity index (χ3n) is 3.95. The summed E-state index contributed by atoms with van der Waals surface area (Å²) in [6, 6.07) is 6.36. The van der Waals surface area contributed by atoms with Gasteiger partial charge in [0.05, 0.1) is 5.02 Å². The zero-order valence-electron chi connectivity index (χ0n) is 11.0. The zero-order chi connectivity index (χ0) is 13.1. The van der Waals surface area contributed by atoms with Crippen molar-refractivity contribution in [1.29, 1.82) is 0 Å². The molecule has 19 heavy (non-hydrogen) atoms. The summed E-state index contributed by atoms with van der Waals surface area (Å²) in [6.07, 6.45) is 3.88. The summed E-state index contributed by atoms with van der Waals surface area (Å²) in [6.45, 7) is 2.22. The average Bonchev–Trinajstić information content (AvgIpc) is 2.95. The van der Waals surface area contributed by atoms with Gasteiger partial charge in [-0.05, 0) is 61.7 Å². The van der Waals surface area contributed by atoms with E-state index in [1.165, 1.54) is 24.2 Å². The molecule has 4 heteroatoms. The van der Waals surface area contributed by atoms with Crippen molar-refractivity contribution >= 4 is 23.4 Å². The second kappa shape index (κ2) is 6.38. The van der Waals surface area contributed by atoms with E-state index in [2.05, 4.69) is 23.5 Å². The van der Waals surface area contributed by atoms with E-state index in [9.17, 15) is 0 Å². The molecule has 2 heterocycles. The van der Waals surface area contributed by atoms with Gasteiger partial charge in [-0.3, -0.25) is 0 Å². The van der Waals surface area contributed by atoms with Crippen molar-refractivity contribution < 1.29 is 4.74 Å². The smallest absolute Gasteiger partial charge is 0.138 e. The molecule has 2 aliphatic heterocycles. The van der Waals surface area contributed by atoms with Crippen LogP contribution in [0.15, 0.2) is 18.2 Å². The molecule has 1 N–H and O–H groups in total. The lowest BCUT2D eigenvalue weighted by molar-refractivity contribution is 0.229. The molecule has 1 atom stereocenters. The van der Waals surface area contributed by atoms with Gasteiger partial charge in [0.25, 0.3) is 0 Å². The maximum atomic E-state index is 6.38. The first-order valence-electron chi connectivity index (χ1n) is 7.07. The van der Waals surface area contributed by atoms with E-state index in [1.807, 2.05) is 11.8 Å². The van der Waals surface area contributed by atoms with Crippen LogP contribution in [0.2, 0.25) is 5.02 Å². The lowest BCUT2D eigenvalue weighted by Gasteiger charge is -2.23. The molecule has 0 aliphatic carbocycles. The standard InChI is InChI=1S/C15H20ClNOS/c16-14-9-12(11-3-6-17-7-4-11)1-2-15(14)18-13-5-8-19-10-13/h1-2,9,11,13,17H,3-8,10H2. The molecule has 104 valence electrons. The van der Waals surface area contributed by atoms with E-state index in [4.69, 9.17) is 16.3 Å². The first-order valence-corrected chi connectivity index (χ1v) is 8.61. The fourth-order valence-electron chi connectivity index (χ4n) is 2.81. The minimum absolute atomic E-state index is 0.340. The largest absolute Gasteiger partial charge is 0.488 e. The summed E-state index contributed by atoms with van der Waals surface area (Å²) < 4.78 is 5.98. The third kappa shape index (κ3) is 3.39. The summed E-state index contributed by atoms with van der Waals surface area (Å²) in [7, 11) is 0. The van der Waals surface area contributed by atoms with E-state index in [0.717, 1.165) is 36.0 Å². The highest BCUT2D eigenvalue weighted by molar-refractivity contribution is 7.99. The van der Waals surface area contributed by atoms with Gasteiger partial charge < -0.3 is 10.1 Å². The van der Waals surface area contributed by atoms with Crippen LogP contribution in [0.5, 0.6) is 5.75 Å². The van der Waals surface area contributed by atoms with Gasteiger partial charge in [-0.15, -0.1) is 0 Å². The van der Waals surface area contributed by atoms with Crippen molar-refractivity contribution in [2.75, 3.05) is 24.6 Å². The number of nitrogens with one attached hydrogen (secondary N) is 1. The molecule has 2 aliphatic rings. The molecule has 1 aromatic rings. The normalized spacial score (nSPS) is 24.6. The van der Waals surface area contributed by atoms with Crippen molar-refractivity contribution in [2.24, 2.45) is 0 Å². The van der Waals surface area contributed by atoms with Gasteiger partial charge in [0.15, 0.2) is 0 Å². The predicted octanol–water partition coefficient (Wildman–Crippen LogP) is 3.69. The highest BCUT2D eigenvalue weighted by atomic mass is 35.5. The van der Waals surface area contributed by atoms with E-state index >= 15 is 0 Å². The topological polar surface area (TPSA) is 21.3 Å². The second-order valence-electron chi connectivity index (χ2n) is 5.32. The highest BCUT2D eigenvalue weighted by Gasteiger charge is 2.20. The minimum atomic E-state index is 0.340. The number of piperidine rings is 1. The van der Waals surface area contributed by atoms with Gasteiger partial charge in [-0.25, -0.2) is 0 Å². The van der Waals surface area contributed by atoms with Crippen LogP contribution >= 0.6 is 23.4 Å². The van der Waals surface area contributed by atoms with Gasteiger partial charge in [-0.2, -0.15) is 11.8 Å². The molecular weight excluding hydrogens is 278 g/mol. The van der Waals surface area contributed by atoms with Gasteiger partial charge in [-0.1, -0.05) is 17.7 Å². The quantitative estimate of drug-likeness (QED) is 0.919. The fraction of sp³-hybridized carbons (Fsp3) is 0.600. The van der Waals surface area contributed by atoms with Crippen LogP contribution < -0.4 is 10.1 Å². The predicted molar refractivity (Wildman–Crippen MR) is 82.7 cm³/mol. The number of hydrogen-bond donors (Lipinski definition) is 1. The lowest BCUT2D eigenvalue weighted by atomic mass is 9.90. The van der Waals surface area contributed by atoms with E-state index in [-0.39, 0.29) is 0 Å². The molecule has 0 amide bonds. The van der Waals surface area contributed by atoms with Gasteiger partial charge >= 0.3 is 0 Å². The maximum absolute atomic E-state index is 6.38. The number of hydrogen-bond acceptors (Lipinski definition) is 3. The Morgan fingerprint density at radius 3 is 2.74 bits per heavy atom. The van der Waals surface area contributed by atoms with Crippen LogP contribution in [0.1, 0.15) is 30.7 Å². The molecule has 0 radical (unpaired) electrons. The average molecular weight is 298 g/mol. The van der Waals surface area contributed by atoms with E-state index < -0.39 is 0 Å². The molecule has 0 aromatic heterocycles. The highest BCUT2D eigenvalue weighted by Crippen LogP contribution is 2.34. The molecule has 0 bridgehead atoms. The number of benzene rings is 1. The number of ether oxygens (including phenoxy) is 1. The number of rotatable bonds is 3. The monoisotopic (exact) mass is 297 g/mol. The Morgan fingerprint density at radius 1 is 1.21 bits per heavy atom.